The van der Waals surface area contributed by atoms with Crippen LogP contribution in [0.5, 0.6) is 0 Å². The summed E-state index contributed by atoms with van der Waals surface area (Å²) in [6.45, 7) is 2.07. The van der Waals surface area contributed by atoms with Crippen molar-refractivity contribution in [3.63, 3.8) is 0 Å². The maximum Gasteiger partial charge on any atom is 0.138 e. The first-order valence-electron chi connectivity index (χ1n) is 4.59. The standard InChI is InChI=1S/C11H13N3/c1-8-4-3-5-9(6-8)11-13-7-10(12-2)14-11/h3-7,12H,1-2H3,(H,13,14). The molecule has 2 N–H and O–H groups in total. The molecule has 0 aliphatic heterocycles. The Bertz CT molecular complexity index is 432. The molecule has 0 saturated heterocycles. The van der Waals surface area contributed by atoms with Gasteiger partial charge in [-0.1, -0.05) is 23.8 Å². The third-order valence-corrected chi connectivity index (χ3v) is 2.14. The Labute approximate surface area is 83.2 Å². The van der Waals surface area contributed by atoms with Crippen molar-refractivity contribution >= 4 is 5.82 Å². The number of aromatic nitrogens is 2. The number of H-pyrrole nitrogens is 1. The van der Waals surface area contributed by atoms with Gasteiger partial charge in [0.15, 0.2) is 0 Å². The van der Waals surface area contributed by atoms with Crippen LogP contribution in [0.15, 0.2) is 30.5 Å². The maximum absolute atomic E-state index is 4.28. The lowest BCUT2D eigenvalue weighted by Crippen LogP contribution is -1.87. The fraction of sp³-hybridized carbons (Fsp3) is 0.182. The van der Waals surface area contributed by atoms with Crippen LogP contribution in [0, 0.1) is 6.92 Å². The molecule has 2 rings (SSSR count). The highest BCUT2D eigenvalue weighted by molar-refractivity contribution is 5.58. The van der Waals surface area contributed by atoms with Gasteiger partial charge in [-0.15, -0.1) is 0 Å². The van der Waals surface area contributed by atoms with Crippen LogP contribution in [0.3, 0.4) is 0 Å². The molecule has 0 amide bonds. The van der Waals surface area contributed by atoms with E-state index in [1.165, 1.54) is 5.56 Å². The zero-order chi connectivity index (χ0) is 9.97. The number of aryl methyl sites for hydroxylation is 1. The average Bonchev–Trinajstić information content (AvgIpc) is 2.66. The van der Waals surface area contributed by atoms with Crippen molar-refractivity contribution in [2.45, 2.75) is 6.92 Å². The molecule has 3 heteroatoms. The summed E-state index contributed by atoms with van der Waals surface area (Å²) in [5.41, 5.74) is 2.36. The van der Waals surface area contributed by atoms with Crippen LogP contribution < -0.4 is 5.32 Å². The number of hydrogen-bond acceptors (Lipinski definition) is 2. The first-order valence-corrected chi connectivity index (χ1v) is 4.59. The van der Waals surface area contributed by atoms with Crippen molar-refractivity contribution in [2.75, 3.05) is 12.4 Å². The summed E-state index contributed by atoms with van der Waals surface area (Å²) in [4.78, 5) is 7.46. The smallest absolute Gasteiger partial charge is 0.138 e. The van der Waals surface area contributed by atoms with Gasteiger partial charge in [-0.3, -0.25) is 0 Å². The van der Waals surface area contributed by atoms with Gasteiger partial charge in [0.1, 0.15) is 11.6 Å². The zero-order valence-electron chi connectivity index (χ0n) is 8.33. The summed E-state index contributed by atoms with van der Waals surface area (Å²) in [7, 11) is 1.87. The Morgan fingerprint density at radius 3 is 2.86 bits per heavy atom. The highest BCUT2D eigenvalue weighted by Gasteiger charge is 2.01. The Morgan fingerprint density at radius 2 is 2.21 bits per heavy atom. The van der Waals surface area contributed by atoms with Crippen LogP contribution in [0.2, 0.25) is 0 Å². The predicted octanol–water partition coefficient (Wildman–Crippen LogP) is 2.43. The fourth-order valence-electron chi connectivity index (χ4n) is 1.39. The number of imidazole rings is 1. The Hall–Kier alpha value is -1.77. The first-order chi connectivity index (χ1) is 6.79. The van der Waals surface area contributed by atoms with Crippen LogP contribution in [0.25, 0.3) is 11.4 Å². The van der Waals surface area contributed by atoms with Crippen molar-refractivity contribution in [3.8, 4) is 11.4 Å². The molecule has 0 radical (unpaired) electrons. The Kier molecular flexibility index (Phi) is 2.23. The molecular formula is C11H13N3. The topological polar surface area (TPSA) is 40.7 Å². The molecule has 3 nitrogen and oxygen atoms in total. The molecule has 0 saturated carbocycles. The second kappa shape index (κ2) is 3.54. The van der Waals surface area contributed by atoms with E-state index in [0.29, 0.717) is 0 Å². The lowest BCUT2D eigenvalue weighted by Gasteiger charge is -1.98. The average molecular weight is 187 g/mol. The van der Waals surface area contributed by atoms with Crippen molar-refractivity contribution in [2.24, 2.45) is 0 Å². The van der Waals surface area contributed by atoms with Gasteiger partial charge < -0.3 is 10.3 Å². The summed E-state index contributed by atoms with van der Waals surface area (Å²) in [5, 5.41) is 3.01. The van der Waals surface area contributed by atoms with Gasteiger partial charge in [0.25, 0.3) is 0 Å². The van der Waals surface area contributed by atoms with E-state index in [1.54, 1.807) is 6.20 Å². The first kappa shape index (κ1) is 8.81. The Balaban J connectivity index is 2.39. The number of rotatable bonds is 2. The fourth-order valence-corrected chi connectivity index (χ4v) is 1.39. The molecule has 0 spiro atoms. The normalized spacial score (nSPS) is 10.1. The highest BCUT2D eigenvalue weighted by Crippen LogP contribution is 2.18. The molecule has 1 aromatic heterocycles. The summed E-state index contributed by atoms with van der Waals surface area (Å²) in [5.74, 6) is 1.83. The molecule has 1 aromatic carbocycles. The largest absolute Gasteiger partial charge is 0.373 e. The van der Waals surface area contributed by atoms with E-state index in [0.717, 1.165) is 17.2 Å². The second-order valence-corrected chi connectivity index (χ2v) is 3.26. The zero-order valence-corrected chi connectivity index (χ0v) is 8.33. The van der Waals surface area contributed by atoms with E-state index in [4.69, 9.17) is 0 Å². The number of benzene rings is 1. The minimum Gasteiger partial charge on any atom is -0.373 e. The minimum atomic E-state index is 0.901. The number of nitrogens with one attached hydrogen (secondary N) is 2. The quantitative estimate of drug-likeness (QED) is 0.758. The molecule has 2 aromatic rings. The predicted molar refractivity (Wildman–Crippen MR) is 58.3 cm³/mol. The lowest BCUT2D eigenvalue weighted by molar-refractivity contribution is 1.29. The van der Waals surface area contributed by atoms with E-state index in [1.807, 2.05) is 19.2 Å². The molecule has 0 atom stereocenters. The highest BCUT2D eigenvalue weighted by atomic mass is 15.0. The van der Waals surface area contributed by atoms with E-state index in [2.05, 4.69) is 34.3 Å². The van der Waals surface area contributed by atoms with Crippen LogP contribution in [-0.2, 0) is 0 Å². The molecule has 0 bridgehead atoms. The van der Waals surface area contributed by atoms with Gasteiger partial charge in [-0.25, -0.2) is 4.98 Å². The molecular weight excluding hydrogens is 174 g/mol. The molecule has 14 heavy (non-hydrogen) atoms. The minimum absolute atomic E-state index is 0.901. The van der Waals surface area contributed by atoms with Crippen LogP contribution >= 0.6 is 0 Å². The van der Waals surface area contributed by atoms with Gasteiger partial charge in [-0.2, -0.15) is 0 Å². The molecule has 0 unspecified atom stereocenters. The summed E-state index contributed by atoms with van der Waals surface area (Å²) < 4.78 is 0. The molecule has 1 heterocycles. The van der Waals surface area contributed by atoms with E-state index in [9.17, 15) is 0 Å². The van der Waals surface area contributed by atoms with Crippen LogP contribution in [-0.4, -0.2) is 17.0 Å². The van der Waals surface area contributed by atoms with Gasteiger partial charge in [0, 0.05) is 12.6 Å². The van der Waals surface area contributed by atoms with Crippen molar-refractivity contribution in [1.29, 1.82) is 0 Å². The van der Waals surface area contributed by atoms with Crippen molar-refractivity contribution in [3.05, 3.63) is 36.0 Å². The van der Waals surface area contributed by atoms with Crippen molar-refractivity contribution in [1.82, 2.24) is 9.97 Å². The van der Waals surface area contributed by atoms with Crippen LogP contribution in [0.4, 0.5) is 5.82 Å². The molecule has 0 aliphatic rings. The molecule has 0 aliphatic carbocycles. The number of anilines is 1. The van der Waals surface area contributed by atoms with E-state index in [-0.39, 0.29) is 0 Å². The summed E-state index contributed by atoms with van der Waals surface area (Å²) >= 11 is 0. The van der Waals surface area contributed by atoms with Crippen molar-refractivity contribution < 1.29 is 0 Å². The maximum atomic E-state index is 4.28. The Morgan fingerprint density at radius 1 is 1.36 bits per heavy atom. The summed E-state index contributed by atoms with van der Waals surface area (Å²) in [6, 6.07) is 8.27. The number of nitrogens with zero attached hydrogens (tertiary/aromatic N) is 1. The summed E-state index contributed by atoms with van der Waals surface area (Å²) in [6.07, 6.45) is 1.79. The SMILES string of the molecule is CNc1cnc(-c2cccc(C)c2)[nH]1. The number of aromatic amines is 1. The van der Waals surface area contributed by atoms with Gasteiger partial charge in [-0.05, 0) is 13.0 Å². The van der Waals surface area contributed by atoms with Gasteiger partial charge in [0.05, 0.1) is 6.20 Å². The molecule has 0 fully saturated rings. The van der Waals surface area contributed by atoms with E-state index >= 15 is 0 Å². The second-order valence-electron chi connectivity index (χ2n) is 3.26. The monoisotopic (exact) mass is 187 g/mol. The van der Waals surface area contributed by atoms with Gasteiger partial charge in [0.2, 0.25) is 0 Å². The lowest BCUT2D eigenvalue weighted by atomic mass is 10.1. The van der Waals surface area contributed by atoms with E-state index < -0.39 is 0 Å². The third kappa shape index (κ3) is 1.62. The molecule has 72 valence electrons. The number of hydrogen-bond donors (Lipinski definition) is 2. The van der Waals surface area contributed by atoms with Gasteiger partial charge >= 0.3 is 0 Å². The third-order valence-electron chi connectivity index (χ3n) is 2.14. The van der Waals surface area contributed by atoms with Crippen LogP contribution in [0.1, 0.15) is 5.56 Å².